The number of carbonyl (C=O) groups is 2. The van der Waals surface area contributed by atoms with Crippen LogP contribution in [0.5, 0.6) is 5.75 Å². The van der Waals surface area contributed by atoms with Crippen molar-refractivity contribution < 1.29 is 28.5 Å². The van der Waals surface area contributed by atoms with E-state index in [2.05, 4.69) is 82.4 Å². The molecule has 2 saturated heterocycles. The Morgan fingerprint density at radius 1 is 1.02 bits per heavy atom. The molecule has 0 unspecified atom stereocenters. The molecule has 0 radical (unpaired) electrons. The fourth-order valence-electron chi connectivity index (χ4n) is 7.35. The summed E-state index contributed by atoms with van der Waals surface area (Å²) >= 11 is 0. The monoisotopic (exact) mass is 639 g/mol. The van der Waals surface area contributed by atoms with Crippen LogP contribution in [0, 0.1) is 11.8 Å². The van der Waals surface area contributed by atoms with Gasteiger partial charge < -0.3 is 29.2 Å². The molecule has 4 heterocycles. The topological polar surface area (TPSA) is 98.7 Å². The van der Waals surface area contributed by atoms with Gasteiger partial charge in [0, 0.05) is 29.8 Å². The Bertz CT molecular complexity index is 1790. The predicted molar refractivity (Wildman–Crippen MR) is 181 cm³/mol. The Balaban J connectivity index is 1.15. The maximum absolute atomic E-state index is 13.8. The number of hydrogen-bond donors (Lipinski definition) is 1. The van der Waals surface area contributed by atoms with E-state index in [1.807, 2.05) is 18.7 Å². The van der Waals surface area contributed by atoms with E-state index >= 15 is 0 Å². The zero-order valence-corrected chi connectivity index (χ0v) is 28.6. The van der Waals surface area contributed by atoms with E-state index in [1.54, 1.807) is 0 Å². The molecular weight excluding hydrogens is 594 g/mol. The summed E-state index contributed by atoms with van der Waals surface area (Å²) in [6.45, 7) is 15.4. The second-order valence-electron chi connectivity index (χ2n) is 14.9. The summed E-state index contributed by atoms with van der Waals surface area (Å²) in [5.74, 6) is 1.00. The number of carbonyl (C=O) groups excluding carboxylic acids is 2. The van der Waals surface area contributed by atoms with Crippen LogP contribution in [-0.2, 0) is 32.0 Å². The third-order valence-corrected chi connectivity index (χ3v) is 10.7. The largest absolute Gasteiger partial charge is 0.488 e. The number of alkyl carbamates (subject to hydrolysis) is 1. The Hall–Kier alpha value is -3.95. The minimum atomic E-state index is -0.667. The molecule has 3 atom stereocenters. The van der Waals surface area contributed by atoms with Crippen molar-refractivity contribution in [2.24, 2.45) is 16.8 Å². The lowest BCUT2D eigenvalue weighted by molar-refractivity contribution is -0.134. The quantitative estimate of drug-likeness (QED) is 0.316. The van der Waals surface area contributed by atoms with Crippen molar-refractivity contribution in [2.45, 2.75) is 97.5 Å². The Kier molecular flexibility index (Phi) is 7.63. The smallest absolute Gasteiger partial charge is 0.407 e. The number of fused-ring (bicyclic) bond motifs is 6. The number of rotatable bonds is 5. The molecule has 0 bridgehead atoms. The number of amides is 2. The van der Waals surface area contributed by atoms with E-state index in [1.165, 1.54) is 7.11 Å². The highest BCUT2D eigenvalue weighted by Gasteiger charge is 2.49. The zero-order valence-electron chi connectivity index (χ0n) is 28.6. The van der Waals surface area contributed by atoms with Crippen LogP contribution in [0.2, 0.25) is 0 Å². The summed E-state index contributed by atoms with van der Waals surface area (Å²) in [6.07, 6.45) is 0.478. The van der Waals surface area contributed by atoms with Crippen LogP contribution in [0.4, 0.5) is 10.5 Å². The van der Waals surface area contributed by atoms with Crippen LogP contribution in [0.3, 0.4) is 0 Å². The van der Waals surface area contributed by atoms with Gasteiger partial charge in [0.1, 0.15) is 18.4 Å². The average Bonchev–Trinajstić information content (AvgIpc) is 3.70. The number of ether oxygens (including phenoxy) is 4. The Morgan fingerprint density at radius 3 is 2.47 bits per heavy atom. The van der Waals surface area contributed by atoms with Gasteiger partial charge >= 0.3 is 6.09 Å². The predicted octanol–water partition coefficient (Wildman–Crippen LogP) is 7.25. The highest BCUT2D eigenvalue weighted by atomic mass is 16.7. The first kappa shape index (κ1) is 31.6. The van der Waals surface area contributed by atoms with E-state index in [4.69, 9.17) is 23.9 Å². The molecule has 4 aliphatic heterocycles. The number of aliphatic imine (C=N–C) groups is 1. The van der Waals surface area contributed by atoms with Crippen molar-refractivity contribution in [2.75, 3.05) is 13.7 Å². The summed E-state index contributed by atoms with van der Waals surface area (Å²) in [7, 11) is 1.31. The summed E-state index contributed by atoms with van der Waals surface area (Å²) < 4.78 is 23.8. The number of nitrogens with one attached hydrogen (secondary N) is 1. The van der Waals surface area contributed by atoms with Gasteiger partial charge in [-0.15, -0.1) is 0 Å². The van der Waals surface area contributed by atoms with Gasteiger partial charge in [-0.1, -0.05) is 39.0 Å². The third-order valence-electron chi connectivity index (χ3n) is 10.7. The number of methoxy groups -OCH3 is 1. The van der Waals surface area contributed by atoms with Crippen molar-refractivity contribution in [3.05, 3.63) is 59.2 Å². The van der Waals surface area contributed by atoms with Crippen LogP contribution < -0.4 is 10.1 Å². The lowest BCUT2D eigenvalue weighted by Gasteiger charge is -2.31. The first-order chi connectivity index (χ1) is 22.3. The molecular formula is C38H45N3O6. The summed E-state index contributed by atoms with van der Waals surface area (Å²) in [6, 6.07) is 14.2. The summed E-state index contributed by atoms with van der Waals surface area (Å²) in [4.78, 5) is 32.9. The van der Waals surface area contributed by atoms with E-state index in [0.29, 0.717) is 25.5 Å². The highest BCUT2D eigenvalue weighted by molar-refractivity contribution is 6.06. The molecule has 47 heavy (non-hydrogen) atoms. The fourth-order valence-corrected chi connectivity index (χ4v) is 7.35. The zero-order chi connectivity index (χ0) is 33.4. The first-order valence-corrected chi connectivity index (χ1v) is 16.7. The van der Waals surface area contributed by atoms with Crippen molar-refractivity contribution in [3.63, 3.8) is 0 Å². The minimum absolute atomic E-state index is 0.0867. The van der Waals surface area contributed by atoms with Crippen molar-refractivity contribution >= 4 is 34.2 Å². The van der Waals surface area contributed by atoms with Gasteiger partial charge in [-0.2, -0.15) is 0 Å². The van der Waals surface area contributed by atoms with Gasteiger partial charge in [-0.05, 0) is 97.7 Å². The van der Waals surface area contributed by atoms with Crippen LogP contribution in [0.1, 0.15) is 77.9 Å². The molecule has 2 amide bonds. The van der Waals surface area contributed by atoms with Gasteiger partial charge in [0.05, 0.1) is 30.0 Å². The van der Waals surface area contributed by atoms with E-state index in [9.17, 15) is 9.59 Å². The van der Waals surface area contributed by atoms with Gasteiger partial charge in [0.25, 0.3) is 0 Å². The second-order valence-corrected chi connectivity index (χ2v) is 14.9. The van der Waals surface area contributed by atoms with Gasteiger partial charge in [0.2, 0.25) is 5.91 Å². The van der Waals surface area contributed by atoms with E-state index in [-0.39, 0.29) is 17.9 Å². The molecule has 3 aromatic rings. The standard InChI is InChI=1S/C38H45N3O6/c1-20(2)33(40-36(43)44-8)34(42)41-18-21(3)13-31(41)30-16-27-26-17-32-28(15-22(26)10-12-29(27)39-30)25-11-9-23(14-24(25)19-45-32)35-46-37(4,5)38(6,7)47-35/h9-12,14-15,17,20-21,31,33,35H,13,16,18-19H2,1-8H3,(H,40,43)/t21-,31-,33-/m0/s1. The van der Waals surface area contributed by atoms with E-state index < -0.39 is 29.6 Å². The van der Waals surface area contributed by atoms with Gasteiger partial charge in [0.15, 0.2) is 6.29 Å². The van der Waals surface area contributed by atoms with Crippen molar-refractivity contribution in [1.29, 1.82) is 0 Å². The van der Waals surface area contributed by atoms with Gasteiger partial charge in [-0.25, -0.2) is 4.79 Å². The first-order valence-electron chi connectivity index (χ1n) is 16.7. The minimum Gasteiger partial charge on any atom is -0.488 e. The third kappa shape index (κ3) is 5.37. The molecule has 0 spiro atoms. The number of likely N-dealkylation sites (tertiary alicyclic amines) is 1. The average molecular weight is 640 g/mol. The summed E-state index contributed by atoms with van der Waals surface area (Å²) in [5.41, 5.74) is 6.61. The lowest BCUT2D eigenvalue weighted by atomic mass is 9.90. The van der Waals surface area contributed by atoms with E-state index in [0.717, 1.165) is 62.2 Å². The number of nitrogens with zero attached hydrogens (tertiary/aromatic N) is 2. The van der Waals surface area contributed by atoms with Crippen molar-refractivity contribution in [1.82, 2.24) is 10.2 Å². The molecule has 0 saturated carbocycles. The van der Waals surface area contributed by atoms with Crippen LogP contribution in [0.25, 0.3) is 21.9 Å². The van der Waals surface area contributed by atoms with Crippen LogP contribution in [-0.4, -0.2) is 59.6 Å². The molecule has 4 aliphatic rings. The lowest BCUT2D eigenvalue weighted by Crippen LogP contribution is -2.53. The van der Waals surface area contributed by atoms with Crippen LogP contribution >= 0.6 is 0 Å². The molecule has 0 aliphatic carbocycles. The second kappa shape index (κ2) is 11.3. The molecule has 1 N–H and O–H groups in total. The molecule has 248 valence electrons. The Morgan fingerprint density at radius 2 is 1.77 bits per heavy atom. The molecule has 0 aromatic heterocycles. The van der Waals surface area contributed by atoms with Crippen LogP contribution in [0.15, 0.2) is 47.5 Å². The number of benzene rings is 3. The molecule has 2 fully saturated rings. The summed E-state index contributed by atoms with van der Waals surface area (Å²) in [5, 5.41) is 5.00. The maximum atomic E-state index is 13.8. The number of hydrogen-bond acceptors (Lipinski definition) is 7. The fraction of sp³-hybridized carbons (Fsp3) is 0.500. The normalized spacial score (nSPS) is 23.2. The van der Waals surface area contributed by atoms with Crippen molar-refractivity contribution in [3.8, 4) is 16.9 Å². The molecule has 9 heteroatoms. The van der Waals surface area contributed by atoms with Gasteiger partial charge in [-0.3, -0.25) is 9.79 Å². The highest BCUT2D eigenvalue weighted by Crippen LogP contribution is 2.48. The SMILES string of the molecule is COC(=O)N[C@H](C(=O)N1C[C@@H](C)C[C@H]1C1=Nc2ccc3cc4c(cc3c2C1)OCc1cc(C2OC(C)(C)C(C)(C)O2)ccc1-4)C(C)C. The molecule has 9 nitrogen and oxygen atoms in total. The molecule has 7 rings (SSSR count). The Labute approximate surface area is 276 Å². The maximum Gasteiger partial charge on any atom is 0.407 e. The molecule has 3 aromatic carbocycles.